The highest BCUT2D eigenvalue weighted by molar-refractivity contribution is 5.74. The highest BCUT2D eigenvalue weighted by Gasteiger charge is 2.29. The number of piperidine rings is 1. The van der Waals surface area contributed by atoms with Crippen molar-refractivity contribution in [3.63, 3.8) is 0 Å². The van der Waals surface area contributed by atoms with Crippen LogP contribution in [-0.4, -0.2) is 62.0 Å². The first-order valence-corrected chi connectivity index (χ1v) is 12.8. The lowest BCUT2D eigenvalue weighted by Crippen LogP contribution is -2.49. The Morgan fingerprint density at radius 3 is 2.50 bits per heavy atom. The first-order valence-electron chi connectivity index (χ1n) is 12.8. The molecule has 7 nitrogen and oxygen atoms in total. The van der Waals surface area contributed by atoms with Crippen LogP contribution in [-0.2, 0) is 13.0 Å². The Morgan fingerprint density at radius 1 is 0.944 bits per heavy atom. The van der Waals surface area contributed by atoms with E-state index in [1.54, 1.807) is 14.2 Å². The first kappa shape index (κ1) is 24.4. The van der Waals surface area contributed by atoms with E-state index in [0.717, 1.165) is 71.4 Å². The molecule has 1 fully saturated rings. The number of benzene rings is 2. The van der Waals surface area contributed by atoms with E-state index in [0.29, 0.717) is 12.6 Å². The van der Waals surface area contributed by atoms with Gasteiger partial charge in [0, 0.05) is 30.8 Å². The standard InChI is InChI=1S/C29H36N4O3/c1-20-15-25(35-4)17-27(36-19-21-9-11-24(34-3)12-10-21)28(20)26-16-22-7-5-14-33(29(22)31-30-26)23-8-6-13-32(2)18-23/h9-12,15-17,23H,5-8,13-14,18-19H2,1-4H3/t23-/m1/s1. The zero-order valence-electron chi connectivity index (χ0n) is 21.8. The van der Waals surface area contributed by atoms with Gasteiger partial charge < -0.3 is 24.0 Å². The van der Waals surface area contributed by atoms with Crippen molar-refractivity contribution in [2.24, 2.45) is 0 Å². The van der Waals surface area contributed by atoms with Gasteiger partial charge in [-0.15, -0.1) is 10.2 Å². The number of aromatic nitrogens is 2. The van der Waals surface area contributed by atoms with Gasteiger partial charge in [0.1, 0.15) is 23.9 Å². The van der Waals surface area contributed by atoms with Crippen molar-refractivity contribution in [1.82, 2.24) is 15.1 Å². The fourth-order valence-corrected chi connectivity index (χ4v) is 5.43. The molecular formula is C29H36N4O3. The highest BCUT2D eigenvalue weighted by Crippen LogP contribution is 2.38. The molecule has 1 atom stereocenters. The van der Waals surface area contributed by atoms with Crippen LogP contribution in [0.3, 0.4) is 0 Å². The maximum atomic E-state index is 6.34. The van der Waals surface area contributed by atoms with Crippen LogP contribution in [0.15, 0.2) is 42.5 Å². The van der Waals surface area contributed by atoms with Crippen LogP contribution >= 0.6 is 0 Å². The van der Waals surface area contributed by atoms with E-state index in [2.05, 4.69) is 29.8 Å². The van der Waals surface area contributed by atoms with E-state index in [1.165, 1.54) is 24.9 Å². The van der Waals surface area contributed by atoms with Gasteiger partial charge in [-0.05, 0) is 87.2 Å². The minimum Gasteiger partial charge on any atom is -0.497 e. The zero-order valence-corrected chi connectivity index (χ0v) is 21.8. The molecule has 0 bridgehead atoms. The summed E-state index contributed by atoms with van der Waals surface area (Å²) in [5.74, 6) is 3.39. The number of nitrogens with zero attached hydrogens (tertiary/aromatic N) is 4. The van der Waals surface area contributed by atoms with E-state index < -0.39 is 0 Å². The average Bonchev–Trinajstić information content (AvgIpc) is 2.91. The lowest BCUT2D eigenvalue weighted by Gasteiger charge is -2.41. The van der Waals surface area contributed by atoms with E-state index in [4.69, 9.17) is 24.4 Å². The van der Waals surface area contributed by atoms with E-state index in [1.807, 2.05) is 36.4 Å². The maximum Gasteiger partial charge on any atom is 0.154 e. The molecule has 3 heterocycles. The number of aryl methyl sites for hydroxylation is 2. The Morgan fingerprint density at radius 2 is 1.75 bits per heavy atom. The number of methoxy groups -OCH3 is 2. The van der Waals surface area contributed by atoms with Crippen LogP contribution in [0.25, 0.3) is 11.3 Å². The van der Waals surface area contributed by atoms with Gasteiger partial charge in [-0.3, -0.25) is 0 Å². The number of likely N-dealkylation sites (tertiary alicyclic amines) is 1. The summed E-state index contributed by atoms with van der Waals surface area (Å²) in [6, 6.07) is 14.6. The molecule has 3 aromatic rings. The predicted octanol–water partition coefficient (Wildman–Crippen LogP) is 4.90. The molecule has 7 heteroatoms. The van der Waals surface area contributed by atoms with Crippen LogP contribution in [0, 0.1) is 6.92 Å². The molecule has 36 heavy (non-hydrogen) atoms. The molecule has 190 valence electrons. The Hall–Kier alpha value is -3.32. The average molecular weight is 489 g/mol. The number of likely N-dealkylation sites (N-methyl/N-ethyl adjacent to an activating group) is 1. The molecule has 0 unspecified atom stereocenters. The summed E-state index contributed by atoms with van der Waals surface area (Å²) in [6.45, 7) is 5.83. The molecule has 1 aromatic heterocycles. The van der Waals surface area contributed by atoms with Crippen LogP contribution in [0.2, 0.25) is 0 Å². The summed E-state index contributed by atoms with van der Waals surface area (Å²) >= 11 is 0. The number of anilines is 1. The molecule has 1 saturated heterocycles. The summed E-state index contributed by atoms with van der Waals surface area (Å²) in [4.78, 5) is 4.92. The number of hydrogen-bond acceptors (Lipinski definition) is 7. The minimum absolute atomic E-state index is 0.435. The van der Waals surface area contributed by atoms with Crippen molar-refractivity contribution >= 4 is 5.82 Å². The van der Waals surface area contributed by atoms with Crippen LogP contribution < -0.4 is 19.1 Å². The van der Waals surface area contributed by atoms with E-state index >= 15 is 0 Å². The summed E-state index contributed by atoms with van der Waals surface area (Å²) in [5.41, 5.74) is 5.20. The van der Waals surface area contributed by atoms with Crippen molar-refractivity contribution in [3.05, 3.63) is 59.2 Å². The number of hydrogen-bond donors (Lipinski definition) is 0. The normalized spacial score (nSPS) is 18.0. The van der Waals surface area contributed by atoms with Gasteiger partial charge in [0.25, 0.3) is 0 Å². The Balaban J connectivity index is 1.45. The third-order valence-electron chi connectivity index (χ3n) is 7.33. The number of fused-ring (bicyclic) bond motifs is 1. The second-order valence-electron chi connectivity index (χ2n) is 9.89. The second kappa shape index (κ2) is 10.7. The first-order chi connectivity index (χ1) is 17.6. The molecular weight excluding hydrogens is 452 g/mol. The molecule has 0 N–H and O–H groups in total. The van der Waals surface area contributed by atoms with Crippen molar-refractivity contribution in [1.29, 1.82) is 0 Å². The van der Waals surface area contributed by atoms with Crippen LogP contribution in [0.4, 0.5) is 5.82 Å². The quantitative estimate of drug-likeness (QED) is 0.469. The maximum absolute atomic E-state index is 6.34. The van der Waals surface area contributed by atoms with Gasteiger partial charge in [0.15, 0.2) is 5.82 Å². The largest absolute Gasteiger partial charge is 0.497 e. The third kappa shape index (κ3) is 5.12. The summed E-state index contributed by atoms with van der Waals surface area (Å²) in [7, 11) is 5.56. The van der Waals surface area contributed by atoms with Crippen molar-refractivity contribution in [3.8, 4) is 28.5 Å². The fourth-order valence-electron chi connectivity index (χ4n) is 5.43. The topological polar surface area (TPSA) is 60.0 Å². The Labute approximate surface area is 214 Å². The number of ether oxygens (including phenoxy) is 3. The van der Waals surface area contributed by atoms with Gasteiger partial charge in [-0.25, -0.2) is 0 Å². The molecule has 2 aromatic carbocycles. The molecule has 0 radical (unpaired) electrons. The van der Waals surface area contributed by atoms with Crippen LogP contribution in [0.1, 0.15) is 36.0 Å². The van der Waals surface area contributed by atoms with E-state index in [9.17, 15) is 0 Å². The van der Waals surface area contributed by atoms with Crippen molar-refractivity contribution < 1.29 is 14.2 Å². The molecule has 2 aliphatic heterocycles. The number of rotatable bonds is 7. The third-order valence-corrected chi connectivity index (χ3v) is 7.33. The lowest BCUT2D eigenvalue weighted by atomic mass is 9.97. The predicted molar refractivity (Wildman–Crippen MR) is 142 cm³/mol. The van der Waals surface area contributed by atoms with E-state index in [-0.39, 0.29) is 0 Å². The summed E-state index contributed by atoms with van der Waals surface area (Å²) in [5, 5.41) is 9.53. The lowest BCUT2D eigenvalue weighted by molar-refractivity contribution is 0.242. The second-order valence-corrected chi connectivity index (χ2v) is 9.89. The zero-order chi connectivity index (χ0) is 25.1. The highest BCUT2D eigenvalue weighted by atomic mass is 16.5. The SMILES string of the molecule is COc1ccc(COc2cc(OC)cc(C)c2-c2cc3c(nn2)N([C@@H]2CCCN(C)C2)CCC3)cc1. The van der Waals surface area contributed by atoms with Crippen molar-refractivity contribution in [2.45, 2.75) is 45.3 Å². The summed E-state index contributed by atoms with van der Waals surface area (Å²) < 4.78 is 17.2. The molecule has 0 saturated carbocycles. The smallest absolute Gasteiger partial charge is 0.154 e. The molecule has 5 rings (SSSR count). The minimum atomic E-state index is 0.435. The molecule has 0 aliphatic carbocycles. The Kier molecular flexibility index (Phi) is 7.28. The van der Waals surface area contributed by atoms with Crippen molar-refractivity contribution in [2.75, 3.05) is 45.8 Å². The molecule has 0 amide bonds. The fraction of sp³-hybridized carbons (Fsp3) is 0.448. The van der Waals surface area contributed by atoms with Crippen LogP contribution in [0.5, 0.6) is 17.2 Å². The van der Waals surface area contributed by atoms with Gasteiger partial charge in [0.05, 0.1) is 19.9 Å². The Bertz CT molecular complexity index is 1200. The summed E-state index contributed by atoms with van der Waals surface area (Å²) in [6.07, 6.45) is 4.61. The molecule has 0 spiro atoms. The van der Waals surface area contributed by atoms with Gasteiger partial charge in [-0.1, -0.05) is 12.1 Å². The molecule has 2 aliphatic rings. The van der Waals surface area contributed by atoms with Gasteiger partial charge in [0.2, 0.25) is 0 Å². The van der Waals surface area contributed by atoms with Gasteiger partial charge >= 0.3 is 0 Å². The van der Waals surface area contributed by atoms with Gasteiger partial charge in [-0.2, -0.15) is 0 Å². The monoisotopic (exact) mass is 488 g/mol.